The predicted molar refractivity (Wildman–Crippen MR) is 89.4 cm³/mol. The summed E-state index contributed by atoms with van der Waals surface area (Å²) >= 11 is 0. The van der Waals surface area contributed by atoms with Crippen molar-refractivity contribution in [3.05, 3.63) is 0 Å². The van der Waals surface area contributed by atoms with Crippen LogP contribution in [0, 0.1) is 23.2 Å². The van der Waals surface area contributed by atoms with Crippen LogP contribution < -0.4 is 5.32 Å². The van der Waals surface area contributed by atoms with E-state index in [0.29, 0.717) is 17.9 Å². The van der Waals surface area contributed by atoms with Gasteiger partial charge in [-0.15, -0.1) is 0 Å². The maximum absolute atomic E-state index is 9.35. The third kappa shape index (κ3) is 5.22. The van der Waals surface area contributed by atoms with Crippen LogP contribution in [-0.4, -0.2) is 49.3 Å². The molecule has 0 aromatic carbocycles. The average molecular weight is 296 g/mol. The molecule has 3 nitrogen and oxygen atoms in total. The number of hydrogen-bond acceptors (Lipinski definition) is 3. The molecular formula is C18H36N2O. The Morgan fingerprint density at radius 3 is 2.52 bits per heavy atom. The van der Waals surface area contributed by atoms with Crippen LogP contribution in [-0.2, 0) is 0 Å². The first-order valence-electron chi connectivity index (χ1n) is 9.07. The smallest absolute Gasteiger partial charge is 0.0471 e. The van der Waals surface area contributed by atoms with Gasteiger partial charge < -0.3 is 15.3 Å². The molecule has 0 bridgehead atoms. The summed E-state index contributed by atoms with van der Waals surface area (Å²) in [7, 11) is 0. The van der Waals surface area contributed by atoms with E-state index in [1.165, 1.54) is 51.7 Å². The van der Waals surface area contributed by atoms with Crippen molar-refractivity contribution in [2.45, 2.75) is 52.9 Å². The first-order valence-corrected chi connectivity index (χ1v) is 9.07. The summed E-state index contributed by atoms with van der Waals surface area (Å²) in [5.41, 5.74) is 0.478. The van der Waals surface area contributed by atoms with E-state index >= 15 is 0 Å². The Hall–Kier alpha value is -0.120. The van der Waals surface area contributed by atoms with E-state index in [-0.39, 0.29) is 0 Å². The predicted octanol–water partition coefficient (Wildman–Crippen LogP) is 2.74. The second-order valence-corrected chi connectivity index (χ2v) is 8.28. The average Bonchev–Trinajstić information content (AvgIpc) is 2.89. The van der Waals surface area contributed by atoms with Gasteiger partial charge >= 0.3 is 0 Å². The molecule has 0 radical (unpaired) electrons. The number of nitrogens with zero attached hydrogens (tertiary/aromatic N) is 1. The van der Waals surface area contributed by atoms with E-state index in [1.807, 2.05) is 0 Å². The van der Waals surface area contributed by atoms with E-state index in [9.17, 15) is 5.11 Å². The summed E-state index contributed by atoms with van der Waals surface area (Å²) in [5, 5.41) is 13.1. The molecule has 1 saturated carbocycles. The van der Waals surface area contributed by atoms with Crippen LogP contribution in [0.5, 0.6) is 0 Å². The summed E-state index contributed by atoms with van der Waals surface area (Å²) in [5.74, 6) is 2.16. The molecule has 2 fully saturated rings. The van der Waals surface area contributed by atoms with Crippen LogP contribution in [0.4, 0.5) is 0 Å². The van der Waals surface area contributed by atoms with Gasteiger partial charge in [0.05, 0.1) is 0 Å². The SMILES string of the molecule is CC(C)CNCC1(CN2CCC(CO)C2)CCC(C)CC1. The molecule has 0 amide bonds. The summed E-state index contributed by atoms with van der Waals surface area (Å²) in [6.07, 6.45) is 6.71. The highest BCUT2D eigenvalue weighted by atomic mass is 16.3. The monoisotopic (exact) mass is 296 g/mol. The Labute approximate surface area is 131 Å². The molecule has 2 rings (SSSR count). The molecule has 0 spiro atoms. The summed E-state index contributed by atoms with van der Waals surface area (Å²) in [4.78, 5) is 2.62. The molecule has 1 saturated heterocycles. The van der Waals surface area contributed by atoms with Gasteiger partial charge in [-0.2, -0.15) is 0 Å². The van der Waals surface area contributed by atoms with Crippen molar-refractivity contribution in [3.63, 3.8) is 0 Å². The van der Waals surface area contributed by atoms with Crippen molar-refractivity contribution in [2.75, 3.05) is 39.3 Å². The Morgan fingerprint density at radius 2 is 1.95 bits per heavy atom. The molecule has 1 aliphatic heterocycles. The lowest BCUT2D eigenvalue weighted by Crippen LogP contribution is -2.46. The molecule has 1 heterocycles. The normalized spacial score (nSPS) is 34.7. The molecule has 0 aromatic heterocycles. The molecule has 0 aromatic rings. The summed E-state index contributed by atoms with van der Waals surface area (Å²) in [6, 6.07) is 0. The zero-order chi connectivity index (χ0) is 15.3. The minimum atomic E-state index is 0.367. The number of likely N-dealkylation sites (tertiary alicyclic amines) is 1. The Kier molecular flexibility index (Phi) is 6.51. The lowest BCUT2D eigenvalue weighted by Gasteiger charge is -2.42. The van der Waals surface area contributed by atoms with Crippen LogP contribution in [0.1, 0.15) is 52.9 Å². The number of nitrogens with one attached hydrogen (secondary N) is 1. The number of rotatable bonds is 7. The number of aliphatic hydroxyl groups excluding tert-OH is 1. The number of aliphatic hydroxyl groups is 1. The standard InChI is InChI=1S/C18H36N2O/c1-15(2)10-19-13-18(7-4-16(3)5-8-18)14-20-9-6-17(11-20)12-21/h15-17,19,21H,4-14H2,1-3H3. The van der Waals surface area contributed by atoms with Gasteiger partial charge in [-0.3, -0.25) is 0 Å². The molecule has 1 atom stereocenters. The Balaban J connectivity index is 1.89. The van der Waals surface area contributed by atoms with Crippen molar-refractivity contribution in [2.24, 2.45) is 23.2 Å². The second kappa shape index (κ2) is 7.94. The Bertz CT molecular complexity index is 298. The van der Waals surface area contributed by atoms with Crippen molar-refractivity contribution in [3.8, 4) is 0 Å². The second-order valence-electron chi connectivity index (χ2n) is 8.28. The first-order chi connectivity index (χ1) is 10.0. The minimum absolute atomic E-state index is 0.367. The van der Waals surface area contributed by atoms with Crippen molar-refractivity contribution < 1.29 is 5.11 Å². The van der Waals surface area contributed by atoms with Crippen LogP contribution in [0.2, 0.25) is 0 Å². The quantitative estimate of drug-likeness (QED) is 0.758. The van der Waals surface area contributed by atoms with Crippen LogP contribution in [0.3, 0.4) is 0 Å². The lowest BCUT2D eigenvalue weighted by molar-refractivity contribution is 0.0933. The molecule has 124 valence electrons. The summed E-state index contributed by atoms with van der Waals surface area (Å²) < 4.78 is 0. The highest BCUT2D eigenvalue weighted by Crippen LogP contribution is 2.40. The van der Waals surface area contributed by atoms with Gasteiger partial charge in [-0.1, -0.05) is 33.6 Å². The zero-order valence-corrected chi connectivity index (χ0v) is 14.4. The number of hydrogen-bond donors (Lipinski definition) is 2. The third-order valence-electron chi connectivity index (χ3n) is 5.57. The summed E-state index contributed by atoms with van der Waals surface area (Å²) in [6.45, 7) is 13.2. The topological polar surface area (TPSA) is 35.5 Å². The van der Waals surface area contributed by atoms with Crippen molar-refractivity contribution >= 4 is 0 Å². The maximum Gasteiger partial charge on any atom is 0.0471 e. The van der Waals surface area contributed by atoms with E-state index in [0.717, 1.165) is 24.9 Å². The van der Waals surface area contributed by atoms with Gasteiger partial charge in [-0.25, -0.2) is 0 Å². The zero-order valence-electron chi connectivity index (χ0n) is 14.4. The molecule has 21 heavy (non-hydrogen) atoms. The highest BCUT2D eigenvalue weighted by molar-refractivity contribution is 4.91. The molecule has 2 N–H and O–H groups in total. The molecule has 2 aliphatic rings. The van der Waals surface area contributed by atoms with E-state index in [1.54, 1.807) is 0 Å². The fraction of sp³-hybridized carbons (Fsp3) is 1.00. The third-order valence-corrected chi connectivity index (χ3v) is 5.57. The molecule has 3 heteroatoms. The van der Waals surface area contributed by atoms with E-state index < -0.39 is 0 Å². The van der Waals surface area contributed by atoms with E-state index in [2.05, 4.69) is 31.0 Å². The first kappa shape index (κ1) is 17.2. The fourth-order valence-electron chi connectivity index (χ4n) is 4.07. The molecule has 1 unspecified atom stereocenters. The van der Waals surface area contributed by atoms with E-state index in [4.69, 9.17) is 0 Å². The van der Waals surface area contributed by atoms with Gasteiger partial charge in [0, 0.05) is 26.2 Å². The van der Waals surface area contributed by atoms with Gasteiger partial charge in [0.2, 0.25) is 0 Å². The van der Waals surface area contributed by atoms with Crippen molar-refractivity contribution in [1.29, 1.82) is 0 Å². The highest BCUT2D eigenvalue weighted by Gasteiger charge is 2.37. The van der Waals surface area contributed by atoms with Gasteiger partial charge in [-0.05, 0) is 55.5 Å². The van der Waals surface area contributed by atoms with Crippen LogP contribution >= 0.6 is 0 Å². The molecular weight excluding hydrogens is 260 g/mol. The lowest BCUT2D eigenvalue weighted by atomic mass is 9.70. The van der Waals surface area contributed by atoms with Gasteiger partial charge in [0.15, 0.2) is 0 Å². The van der Waals surface area contributed by atoms with Crippen LogP contribution in [0.15, 0.2) is 0 Å². The maximum atomic E-state index is 9.35. The van der Waals surface area contributed by atoms with Gasteiger partial charge in [0.25, 0.3) is 0 Å². The Morgan fingerprint density at radius 1 is 1.24 bits per heavy atom. The molecule has 1 aliphatic carbocycles. The van der Waals surface area contributed by atoms with Crippen LogP contribution in [0.25, 0.3) is 0 Å². The largest absolute Gasteiger partial charge is 0.396 e. The van der Waals surface area contributed by atoms with Gasteiger partial charge in [0.1, 0.15) is 0 Å². The fourth-order valence-corrected chi connectivity index (χ4v) is 4.07. The minimum Gasteiger partial charge on any atom is -0.396 e. The van der Waals surface area contributed by atoms with Crippen molar-refractivity contribution in [1.82, 2.24) is 10.2 Å².